The van der Waals surface area contributed by atoms with Crippen molar-refractivity contribution in [3.05, 3.63) is 11.6 Å². The van der Waals surface area contributed by atoms with Crippen LogP contribution < -0.4 is 0 Å². The molecule has 0 aromatic heterocycles. The van der Waals surface area contributed by atoms with Gasteiger partial charge in [-0.2, -0.15) is 0 Å². The Labute approximate surface area is 186 Å². The number of hydrogen-bond acceptors (Lipinski definition) is 5. The first-order chi connectivity index (χ1) is 14.6. The molecule has 0 unspecified atom stereocenters. The second-order valence-electron chi connectivity index (χ2n) is 11.6. The van der Waals surface area contributed by atoms with E-state index >= 15 is 0 Å². The average molecular weight is 428 g/mol. The Morgan fingerprint density at radius 1 is 1.06 bits per heavy atom. The van der Waals surface area contributed by atoms with E-state index in [0.29, 0.717) is 11.8 Å². The molecule has 0 aromatic carbocycles. The standard InChI is InChI=1S/C26H37NO4/c1-15(27-31-17(3)29)26-14-19(26)13-23-21-7-6-18-12-20(30-16(2)28)8-10-24(18,4)22(21)9-11-25(23,26)5/h6,19-23H,7-14H2,1-5H3/b27-15-/t19-,20+,21-,22+,23+,24+,25+,26+/m1/s1. The molecule has 31 heavy (non-hydrogen) atoms. The summed E-state index contributed by atoms with van der Waals surface area (Å²) in [6.07, 6.45) is 11.8. The van der Waals surface area contributed by atoms with Crippen molar-refractivity contribution in [1.29, 1.82) is 0 Å². The minimum atomic E-state index is -0.335. The number of allylic oxidation sites excluding steroid dienone is 1. The lowest BCUT2D eigenvalue weighted by atomic mass is 9.46. The molecule has 0 spiro atoms. The summed E-state index contributed by atoms with van der Waals surface area (Å²) >= 11 is 0. The minimum Gasteiger partial charge on any atom is -0.462 e. The van der Waals surface area contributed by atoms with Gasteiger partial charge in [0.2, 0.25) is 0 Å². The normalized spacial score (nSPS) is 47.8. The molecule has 0 aromatic rings. The van der Waals surface area contributed by atoms with E-state index in [1.165, 1.54) is 39.5 Å². The maximum Gasteiger partial charge on any atom is 0.331 e. The van der Waals surface area contributed by atoms with Gasteiger partial charge in [0.05, 0.1) is 5.71 Å². The van der Waals surface area contributed by atoms with Crippen LogP contribution in [0.3, 0.4) is 0 Å². The van der Waals surface area contributed by atoms with Crippen molar-refractivity contribution in [3.8, 4) is 0 Å². The van der Waals surface area contributed by atoms with Crippen molar-refractivity contribution >= 4 is 17.7 Å². The molecule has 170 valence electrons. The molecule has 4 fully saturated rings. The van der Waals surface area contributed by atoms with Crippen LogP contribution in [-0.4, -0.2) is 23.8 Å². The van der Waals surface area contributed by atoms with Gasteiger partial charge >= 0.3 is 11.9 Å². The Bertz CT molecular complexity index is 877. The molecule has 0 aliphatic heterocycles. The summed E-state index contributed by atoms with van der Waals surface area (Å²) in [5.74, 6) is 2.37. The minimum absolute atomic E-state index is 0.0600. The first-order valence-corrected chi connectivity index (χ1v) is 12.2. The Morgan fingerprint density at radius 2 is 1.84 bits per heavy atom. The summed E-state index contributed by atoms with van der Waals surface area (Å²) in [6, 6.07) is 0. The van der Waals surface area contributed by atoms with E-state index in [9.17, 15) is 9.59 Å². The van der Waals surface area contributed by atoms with Gasteiger partial charge in [-0.1, -0.05) is 30.7 Å². The van der Waals surface area contributed by atoms with Gasteiger partial charge in [0.1, 0.15) is 6.10 Å². The molecule has 5 rings (SSSR count). The molecule has 8 atom stereocenters. The molecule has 5 heteroatoms. The van der Waals surface area contributed by atoms with Gasteiger partial charge in [0.15, 0.2) is 0 Å². The highest BCUT2D eigenvalue weighted by Gasteiger charge is 2.76. The molecule has 4 saturated carbocycles. The zero-order valence-electron chi connectivity index (χ0n) is 19.7. The Hall–Kier alpha value is -1.65. The van der Waals surface area contributed by atoms with Crippen LogP contribution in [0.4, 0.5) is 0 Å². The van der Waals surface area contributed by atoms with Gasteiger partial charge < -0.3 is 9.57 Å². The van der Waals surface area contributed by atoms with Crippen LogP contribution in [0.15, 0.2) is 16.8 Å². The number of carbonyl (C=O) groups is 2. The smallest absolute Gasteiger partial charge is 0.331 e. The lowest BCUT2D eigenvalue weighted by molar-refractivity contribution is -0.148. The molecule has 0 N–H and O–H groups in total. The number of nitrogens with zero attached hydrogens (tertiary/aromatic N) is 1. The summed E-state index contributed by atoms with van der Waals surface area (Å²) in [5.41, 5.74) is 3.22. The maximum absolute atomic E-state index is 11.5. The largest absolute Gasteiger partial charge is 0.462 e. The second-order valence-corrected chi connectivity index (χ2v) is 11.6. The van der Waals surface area contributed by atoms with Crippen LogP contribution in [-0.2, 0) is 19.2 Å². The third-order valence-corrected chi connectivity index (χ3v) is 10.4. The van der Waals surface area contributed by atoms with Crippen molar-refractivity contribution in [3.63, 3.8) is 0 Å². The summed E-state index contributed by atoms with van der Waals surface area (Å²) in [5, 5.41) is 4.28. The van der Waals surface area contributed by atoms with Crippen LogP contribution in [0.2, 0.25) is 0 Å². The van der Waals surface area contributed by atoms with Crippen LogP contribution in [0, 0.1) is 39.9 Å². The molecule has 0 heterocycles. The van der Waals surface area contributed by atoms with Gasteiger partial charge in [-0.3, -0.25) is 4.79 Å². The number of oxime groups is 1. The monoisotopic (exact) mass is 427 g/mol. The van der Waals surface area contributed by atoms with E-state index in [4.69, 9.17) is 9.57 Å². The average Bonchev–Trinajstić information content (AvgIpc) is 3.38. The topological polar surface area (TPSA) is 65.0 Å². The predicted octanol–water partition coefficient (Wildman–Crippen LogP) is 5.44. The van der Waals surface area contributed by atoms with Crippen LogP contribution in [0.1, 0.15) is 86.0 Å². The van der Waals surface area contributed by atoms with E-state index in [1.54, 1.807) is 5.57 Å². The summed E-state index contributed by atoms with van der Waals surface area (Å²) in [4.78, 5) is 27.9. The van der Waals surface area contributed by atoms with Gasteiger partial charge in [-0.25, -0.2) is 4.79 Å². The molecule has 0 radical (unpaired) electrons. The van der Waals surface area contributed by atoms with E-state index < -0.39 is 0 Å². The number of carbonyl (C=O) groups excluding carboxylic acids is 2. The lowest BCUT2D eigenvalue weighted by Crippen LogP contribution is -2.52. The SMILES string of the molecule is CC(=O)O/N=C(/C)[C@@]12C[C@H]1C[C@H]1[C@@H]3CC=C4C[C@@H](OC(C)=O)CC[C@]4(C)[C@H]3CC[C@@]12C. The highest BCUT2D eigenvalue weighted by molar-refractivity contribution is 5.92. The fourth-order valence-electron chi connectivity index (χ4n) is 8.96. The number of esters is 1. The van der Waals surface area contributed by atoms with Gasteiger partial charge in [-0.15, -0.1) is 0 Å². The van der Waals surface area contributed by atoms with Crippen molar-refractivity contribution in [2.24, 2.45) is 45.1 Å². The summed E-state index contributed by atoms with van der Waals surface area (Å²) in [7, 11) is 0. The number of fused-ring (bicyclic) bond motifs is 7. The van der Waals surface area contributed by atoms with Crippen LogP contribution in [0.5, 0.6) is 0 Å². The highest BCUT2D eigenvalue weighted by Crippen LogP contribution is 2.80. The number of hydrogen-bond donors (Lipinski definition) is 0. The molecule has 0 amide bonds. The van der Waals surface area contributed by atoms with E-state index in [1.807, 2.05) is 0 Å². The van der Waals surface area contributed by atoms with Gasteiger partial charge in [-0.05, 0) is 86.4 Å². The van der Waals surface area contributed by atoms with E-state index in [-0.39, 0.29) is 34.3 Å². The van der Waals surface area contributed by atoms with Crippen LogP contribution >= 0.6 is 0 Å². The zero-order valence-corrected chi connectivity index (χ0v) is 19.7. The first-order valence-electron chi connectivity index (χ1n) is 12.2. The Kier molecular flexibility index (Phi) is 4.74. The van der Waals surface area contributed by atoms with Gasteiger partial charge in [0, 0.05) is 25.7 Å². The molecule has 5 nitrogen and oxygen atoms in total. The second kappa shape index (κ2) is 6.92. The van der Waals surface area contributed by atoms with Gasteiger partial charge in [0.25, 0.3) is 0 Å². The third-order valence-electron chi connectivity index (χ3n) is 10.4. The Morgan fingerprint density at radius 3 is 2.55 bits per heavy atom. The number of rotatable bonds is 3. The number of ether oxygens (including phenoxy) is 1. The van der Waals surface area contributed by atoms with Crippen molar-refractivity contribution in [2.75, 3.05) is 0 Å². The summed E-state index contributed by atoms with van der Waals surface area (Å²) < 4.78 is 5.58. The highest BCUT2D eigenvalue weighted by atomic mass is 16.7. The van der Waals surface area contributed by atoms with Crippen LogP contribution in [0.25, 0.3) is 0 Å². The molecule has 5 aliphatic rings. The van der Waals surface area contributed by atoms with Crippen molar-refractivity contribution < 1.29 is 19.2 Å². The molecule has 0 saturated heterocycles. The molecule has 0 bridgehead atoms. The molecule has 5 aliphatic carbocycles. The zero-order chi connectivity index (χ0) is 22.2. The first kappa shape index (κ1) is 21.2. The third kappa shape index (κ3) is 2.90. The fourth-order valence-corrected chi connectivity index (χ4v) is 8.96. The summed E-state index contributed by atoms with van der Waals surface area (Å²) in [6.45, 7) is 10.0. The van der Waals surface area contributed by atoms with Crippen molar-refractivity contribution in [2.45, 2.75) is 92.1 Å². The Balaban J connectivity index is 1.40. The maximum atomic E-state index is 11.5. The fraction of sp³-hybridized carbons (Fsp3) is 0.808. The molecular formula is C26H37NO4. The van der Waals surface area contributed by atoms with E-state index in [2.05, 4.69) is 32.0 Å². The lowest BCUT2D eigenvalue weighted by Gasteiger charge is -2.59. The predicted molar refractivity (Wildman–Crippen MR) is 118 cm³/mol. The molecular weight excluding hydrogens is 390 g/mol. The quantitative estimate of drug-likeness (QED) is 0.198. The van der Waals surface area contributed by atoms with E-state index in [0.717, 1.165) is 43.2 Å². The van der Waals surface area contributed by atoms with Crippen molar-refractivity contribution in [1.82, 2.24) is 0 Å².